The average Bonchev–Trinajstić information content (AvgIpc) is 3.36. The summed E-state index contributed by atoms with van der Waals surface area (Å²) in [6.45, 7) is 7.68. The molecule has 0 aliphatic heterocycles. The van der Waals surface area contributed by atoms with Gasteiger partial charge in [0.05, 0.1) is 30.1 Å². The number of rotatable bonds is 8. The van der Waals surface area contributed by atoms with Crippen LogP contribution in [0.1, 0.15) is 11.3 Å². The highest BCUT2D eigenvalue weighted by molar-refractivity contribution is 7.98. The summed E-state index contributed by atoms with van der Waals surface area (Å²) in [4.78, 5) is 16.9. The van der Waals surface area contributed by atoms with Crippen molar-refractivity contribution in [1.82, 2.24) is 15.0 Å². The molecule has 8 nitrogen and oxygen atoms in total. The van der Waals surface area contributed by atoms with Gasteiger partial charge in [0.15, 0.2) is 0 Å². The number of aliphatic hydroxyl groups excluding tert-OH is 1. The van der Waals surface area contributed by atoms with Crippen molar-refractivity contribution < 1.29 is 9.84 Å². The van der Waals surface area contributed by atoms with Crippen LogP contribution < -0.4 is 10.5 Å². The molecule has 34 heavy (non-hydrogen) atoms. The third kappa shape index (κ3) is 5.00. The zero-order chi connectivity index (χ0) is 23.9. The summed E-state index contributed by atoms with van der Waals surface area (Å²) in [5, 5.41) is 22.1. The van der Waals surface area contributed by atoms with Crippen LogP contribution in [0.3, 0.4) is 0 Å². The summed E-state index contributed by atoms with van der Waals surface area (Å²) in [7, 11) is 0. The van der Waals surface area contributed by atoms with Crippen molar-refractivity contribution >= 4 is 34.6 Å². The lowest BCUT2D eigenvalue weighted by atomic mass is 10.00. The molecule has 1 aromatic carbocycles. The van der Waals surface area contributed by atoms with Crippen molar-refractivity contribution in [2.75, 3.05) is 18.9 Å². The molecule has 4 rings (SSSR count). The zero-order valence-electron chi connectivity index (χ0n) is 17.8. The van der Waals surface area contributed by atoms with Gasteiger partial charge >= 0.3 is 0 Å². The van der Waals surface area contributed by atoms with Crippen molar-refractivity contribution in [3.05, 3.63) is 76.7 Å². The number of ether oxygens (including phenoxy) is 1. The molecular formula is C24H18N6O2S2. The van der Waals surface area contributed by atoms with Gasteiger partial charge in [-0.25, -0.2) is 14.8 Å². The highest BCUT2D eigenvalue weighted by Crippen LogP contribution is 2.42. The van der Waals surface area contributed by atoms with E-state index in [9.17, 15) is 5.26 Å². The van der Waals surface area contributed by atoms with Crippen molar-refractivity contribution in [2.24, 2.45) is 0 Å². The Morgan fingerprint density at radius 2 is 2.03 bits per heavy atom. The molecule has 10 heteroatoms. The number of nitrogens with two attached hydrogens (primary N) is 1. The van der Waals surface area contributed by atoms with Gasteiger partial charge in [0.25, 0.3) is 0 Å². The van der Waals surface area contributed by atoms with Crippen molar-refractivity contribution in [3.63, 3.8) is 0 Å². The number of pyridine rings is 2. The highest BCUT2D eigenvalue weighted by Gasteiger charge is 2.21. The van der Waals surface area contributed by atoms with Crippen LogP contribution in [-0.4, -0.2) is 33.3 Å². The van der Waals surface area contributed by atoms with E-state index in [-0.39, 0.29) is 30.3 Å². The Labute approximate surface area is 204 Å². The highest BCUT2D eigenvalue weighted by atomic mass is 32.2. The molecule has 0 bridgehead atoms. The largest absolute Gasteiger partial charge is 0.491 e. The van der Waals surface area contributed by atoms with Crippen LogP contribution in [-0.2, 0) is 5.75 Å². The number of aromatic nitrogens is 3. The Morgan fingerprint density at radius 3 is 2.71 bits per heavy atom. The number of aliphatic hydroxyl groups is 1. The first-order valence-electron chi connectivity index (χ1n) is 10.1. The normalized spacial score (nSPS) is 10.4. The maximum atomic E-state index is 9.97. The van der Waals surface area contributed by atoms with Crippen LogP contribution in [0.2, 0.25) is 0 Å². The van der Waals surface area contributed by atoms with E-state index in [0.29, 0.717) is 27.7 Å². The van der Waals surface area contributed by atoms with E-state index in [0.717, 1.165) is 16.4 Å². The number of nitrogens with zero attached hydrogens (tertiary/aromatic N) is 5. The molecule has 0 aliphatic carbocycles. The molecule has 0 aliphatic rings. The van der Waals surface area contributed by atoms with Gasteiger partial charge in [0.2, 0.25) is 5.69 Å². The molecule has 3 N–H and O–H groups in total. The van der Waals surface area contributed by atoms with E-state index in [2.05, 4.69) is 25.9 Å². The van der Waals surface area contributed by atoms with Gasteiger partial charge in [0.1, 0.15) is 34.3 Å². The van der Waals surface area contributed by atoms with E-state index >= 15 is 0 Å². The second kappa shape index (κ2) is 10.8. The van der Waals surface area contributed by atoms with Crippen LogP contribution in [0, 0.1) is 17.9 Å². The Bertz CT molecular complexity index is 1380. The fourth-order valence-corrected chi connectivity index (χ4v) is 4.97. The Hall–Kier alpha value is -3.96. The average molecular weight is 487 g/mol. The Kier molecular flexibility index (Phi) is 7.35. The molecule has 3 aromatic heterocycles. The van der Waals surface area contributed by atoms with E-state index < -0.39 is 0 Å². The van der Waals surface area contributed by atoms with Gasteiger partial charge in [0, 0.05) is 22.9 Å². The second-order valence-corrected chi connectivity index (χ2v) is 8.69. The number of hydrogen-bond acceptors (Lipinski definition) is 9. The summed E-state index contributed by atoms with van der Waals surface area (Å²) in [6, 6.07) is 14.8. The summed E-state index contributed by atoms with van der Waals surface area (Å²) in [5.74, 6) is 1.12. The summed E-state index contributed by atoms with van der Waals surface area (Å²) < 4.78 is 5.40. The molecule has 0 radical (unpaired) electrons. The molecule has 0 spiro atoms. The number of nitrogen functional groups attached to an aromatic ring is 1. The minimum absolute atomic E-state index is 0.0690. The first-order valence-corrected chi connectivity index (χ1v) is 11.9. The molecule has 0 saturated carbocycles. The molecule has 0 saturated heterocycles. The van der Waals surface area contributed by atoms with E-state index in [1.807, 2.05) is 23.6 Å². The lowest BCUT2D eigenvalue weighted by Gasteiger charge is -2.13. The van der Waals surface area contributed by atoms with E-state index in [1.54, 1.807) is 30.5 Å². The van der Waals surface area contributed by atoms with Gasteiger partial charge in [-0.2, -0.15) is 5.26 Å². The van der Waals surface area contributed by atoms with Crippen LogP contribution >= 0.6 is 23.1 Å². The van der Waals surface area contributed by atoms with Crippen LogP contribution in [0.15, 0.2) is 59.1 Å². The Morgan fingerprint density at radius 1 is 1.21 bits per heavy atom. The first kappa shape index (κ1) is 23.2. The number of anilines is 1. The maximum absolute atomic E-state index is 9.97. The molecule has 0 fully saturated rings. The Balaban J connectivity index is 1.64. The van der Waals surface area contributed by atoms with Gasteiger partial charge in [-0.1, -0.05) is 30.0 Å². The lowest BCUT2D eigenvalue weighted by Crippen LogP contribution is -2.02. The van der Waals surface area contributed by atoms with E-state index in [1.165, 1.54) is 23.1 Å². The van der Waals surface area contributed by atoms with Gasteiger partial charge in [-0.15, -0.1) is 11.3 Å². The van der Waals surface area contributed by atoms with Crippen molar-refractivity contribution in [3.8, 4) is 33.6 Å². The number of nitriles is 1. The smallest absolute Gasteiger partial charge is 0.236 e. The SMILES string of the molecule is [C-]#[N+]c1c(N)nc(SCc2csc(-c3ccccn3)n2)c(C#N)c1-c1ccc(OCCO)cc1. The van der Waals surface area contributed by atoms with Gasteiger partial charge < -0.3 is 15.6 Å². The lowest BCUT2D eigenvalue weighted by molar-refractivity contribution is 0.201. The number of benzene rings is 1. The molecule has 168 valence electrons. The quantitative estimate of drug-likeness (QED) is 0.265. The van der Waals surface area contributed by atoms with Crippen LogP contribution in [0.5, 0.6) is 5.75 Å². The van der Waals surface area contributed by atoms with Crippen molar-refractivity contribution in [2.45, 2.75) is 10.8 Å². The minimum atomic E-state index is -0.0913. The third-order valence-electron chi connectivity index (χ3n) is 4.68. The molecule has 0 atom stereocenters. The number of thiazole rings is 1. The predicted molar refractivity (Wildman–Crippen MR) is 133 cm³/mol. The number of thioether (sulfide) groups is 1. The maximum Gasteiger partial charge on any atom is 0.236 e. The van der Waals surface area contributed by atoms with E-state index in [4.69, 9.17) is 22.1 Å². The fourth-order valence-electron chi connectivity index (χ4n) is 3.18. The zero-order valence-corrected chi connectivity index (χ0v) is 19.4. The van der Waals surface area contributed by atoms with Gasteiger partial charge in [-0.3, -0.25) is 4.98 Å². The fraction of sp³-hybridized carbons (Fsp3) is 0.125. The number of hydrogen-bond donors (Lipinski definition) is 2. The molecule has 0 amide bonds. The topological polar surface area (TPSA) is 122 Å². The van der Waals surface area contributed by atoms with Crippen molar-refractivity contribution in [1.29, 1.82) is 5.26 Å². The standard InChI is InChI=1S/C24H18N6O2S2/c1-27-21-20(15-5-7-17(8-6-15)32-11-10-31)18(12-25)23(30-22(21)26)33-13-16-14-34-24(29-16)19-4-2-3-9-28-19/h2-9,14,31H,10-11,13H2,(H2,26,30). The summed E-state index contributed by atoms with van der Waals surface area (Å²) in [6.07, 6.45) is 1.72. The first-order chi connectivity index (χ1) is 16.6. The monoisotopic (exact) mass is 486 g/mol. The third-order valence-corrected chi connectivity index (χ3v) is 6.61. The predicted octanol–water partition coefficient (Wildman–Crippen LogP) is 4.94. The minimum Gasteiger partial charge on any atom is -0.491 e. The molecule has 4 aromatic rings. The molecule has 3 heterocycles. The summed E-state index contributed by atoms with van der Waals surface area (Å²) >= 11 is 2.84. The van der Waals surface area contributed by atoms with Crippen LogP contribution in [0.4, 0.5) is 11.5 Å². The summed E-state index contributed by atoms with van der Waals surface area (Å²) in [5.41, 5.74) is 9.27. The molecular weight excluding hydrogens is 468 g/mol. The van der Waals surface area contributed by atoms with Crippen LogP contribution in [0.25, 0.3) is 26.7 Å². The van der Waals surface area contributed by atoms with Gasteiger partial charge in [-0.05, 0) is 29.8 Å². The molecule has 0 unspecified atom stereocenters. The second-order valence-electron chi connectivity index (χ2n) is 6.87.